The lowest BCUT2D eigenvalue weighted by atomic mass is 10.2. The van der Waals surface area contributed by atoms with Crippen LogP contribution in [0.1, 0.15) is 11.3 Å². The van der Waals surface area contributed by atoms with Gasteiger partial charge in [-0.2, -0.15) is 21.6 Å². The highest BCUT2D eigenvalue weighted by atomic mass is 32.2. The van der Waals surface area contributed by atoms with Gasteiger partial charge in [0, 0.05) is 6.20 Å². The standard InChI is InChI=1S/C16H13F3N4O2S.C6H7NO2S/c1-11-7-8-20-13(9-11)15-21-14(16(17,18)19)10-23(15)22-26(24,25)12-5-3-2-4-6-12;7-10(8,9)6-4-2-1-3-5-6/h2-10,22H,1H3;1-5H,(H2,7,8,9). The summed E-state index contributed by atoms with van der Waals surface area (Å²) in [7, 11) is -7.61. The fourth-order valence-electron chi connectivity index (χ4n) is 2.82. The Morgan fingerprint density at radius 1 is 0.889 bits per heavy atom. The molecule has 14 heteroatoms. The van der Waals surface area contributed by atoms with Crippen molar-refractivity contribution in [1.82, 2.24) is 14.6 Å². The van der Waals surface area contributed by atoms with Crippen molar-refractivity contribution in [3.05, 3.63) is 96.4 Å². The Bertz CT molecular complexity index is 1540. The van der Waals surface area contributed by atoms with Gasteiger partial charge in [-0.3, -0.25) is 4.98 Å². The normalized spacial score (nSPS) is 11.9. The van der Waals surface area contributed by atoms with Crippen LogP contribution in [0.15, 0.2) is 95.0 Å². The molecule has 4 rings (SSSR count). The Labute approximate surface area is 205 Å². The van der Waals surface area contributed by atoms with Crippen LogP contribution in [-0.2, 0) is 26.2 Å². The monoisotopic (exact) mass is 539 g/mol. The van der Waals surface area contributed by atoms with Gasteiger partial charge in [-0.25, -0.2) is 28.0 Å². The van der Waals surface area contributed by atoms with Crippen LogP contribution in [0.25, 0.3) is 11.5 Å². The summed E-state index contributed by atoms with van der Waals surface area (Å²) in [6.07, 6.45) is -2.75. The number of pyridine rings is 1. The van der Waals surface area contributed by atoms with Gasteiger partial charge < -0.3 is 0 Å². The number of aryl methyl sites for hydroxylation is 1. The van der Waals surface area contributed by atoms with Gasteiger partial charge in [-0.1, -0.05) is 36.4 Å². The van der Waals surface area contributed by atoms with Gasteiger partial charge in [0.1, 0.15) is 5.69 Å². The molecule has 2 aromatic carbocycles. The number of hydrogen-bond donors (Lipinski definition) is 2. The van der Waals surface area contributed by atoms with E-state index in [1.165, 1.54) is 48.7 Å². The zero-order valence-corrected chi connectivity index (χ0v) is 20.2. The van der Waals surface area contributed by atoms with E-state index in [-0.39, 0.29) is 21.3 Å². The van der Waals surface area contributed by atoms with Crippen LogP contribution in [0, 0.1) is 6.92 Å². The van der Waals surface area contributed by atoms with Crippen LogP contribution in [0.5, 0.6) is 0 Å². The minimum atomic E-state index is -4.73. The maximum absolute atomic E-state index is 13.1. The molecule has 2 heterocycles. The lowest BCUT2D eigenvalue weighted by Crippen LogP contribution is -2.23. The Balaban J connectivity index is 0.000000303. The van der Waals surface area contributed by atoms with Gasteiger partial charge in [0.25, 0.3) is 10.0 Å². The number of nitrogens with one attached hydrogen (secondary N) is 1. The quantitative estimate of drug-likeness (QED) is 0.398. The molecule has 0 aliphatic carbocycles. The van der Waals surface area contributed by atoms with Crippen molar-refractivity contribution in [2.45, 2.75) is 22.9 Å². The number of alkyl halides is 3. The summed E-state index contributed by atoms with van der Waals surface area (Å²) >= 11 is 0. The Hall–Kier alpha value is -3.75. The van der Waals surface area contributed by atoms with Crippen molar-refractivity contribution < 1.29 is 30.0 Å². The van der Waals surface area contributed by atoms with Gasteiger partial charge in [0.2, 0.25) is 10.0 Å². The van der Waals surface area contributed by atoms with E-state index in [2.05, 4.69) is 14.8 Å². The molecule has 0 unspecified atom stereocenters. The number of halogens is 3. The number of nitrogens with zero attached hydrogens (tertiary/aromatic N) is 3. The second-order valence-electron chi connectivity index (χ2n) is 7.30. The van der Waals surface area contributed by atoms with Crippen LogP contribution in [-0.4, -0.2) is 31.5 Å². The number of benzene rings is 2. The Morgan fingerprint density at radius 3 is 1.92 bits per heavy atom. The number of aromatic nitrogens is 3. The maximum atomic E-state index is 13.1. The molecule has 36 heavy (non-hydrogen) atoms. The molecule has 0 fully saturated rings. The van der Waals surface area contributed by atoms with Crippen molar-refractivity contribution in [2.24, 2.45) is 5.14 Å². The number of sulfonamides is 2. The molecular weight excluding hydrogens is 519 g/mol. The zero-order chi connectivity index (χ0) is 26.6. The van der Waals surface area contributed by atoms with Crippen LogP contribution < -0.4 is 9.97 Å². The molecule has 9 nitrogen and oxygen atoms in total. The van der Waals surface area contributed by atoms with Crippen LogP contribution in [0.2, 0.25) is 0 Å². The molecular formula is C22H20F3N5O4S2. The highest BCUT2D eigenvalue weighted by molar-refractivity contribution is 7.92. The maximum Gasteiger partial charge on any atom is 0.434 e. The second kappa shape index (κ2) is 10.5. The van der Waals surface area contributed by atoms with Crippen molar-refractivity contribution in [3.63, 3.8) is 0 Å². The molecule has 0 aliphatic heterocycles. The van der Waals surface area contributed by atoms with Gasteiger partial charge >= 0.3 is 6.18 Å². The van der Waals surface area contributed by atoms with E-state index in [0.29, 0.717) is 10.9 Å². The molecule has 0 spiro atoms. The molecule has 0 aliphatic rings. The smallest absolute Gasteiger partial charge is 0.253 e. The van der Waals surface area contributed by atoms with Crippen molar-refractivity contribution >= 4 is 20.0 Å². The Morgan fingerprint density at radius 2 is 1.44 bits per heavy atom. The molecule has 2 aromatic heterocycles. The molecule has 190 valence electrons. The first-order valence-corrected chi connectivity index (χ1v) is 13.1. The minimum absolute atomic E-state index is 0.0922. The molecule has 0 bridgehead atoms. The molecule has 4 aromatic rings. The molecule has 0 radical (unpaired) electrons. The first-order chi connectivity index (χ1) is 16.8. The number of imidazole rings is 1. The van der Waals surface area contributed by atoms with Crippen LogP contribution >= 0.6 is 0 Å². The third kappa shape index (κ3) is 6.90. The van der Waals surface area contributed by atoms with Crippen molar-refractivity contribution in [3.8, 4) is 11.5 Å². The third-order valence-electron chi connectivity index (χ3n) is 4.48. The molecule has 0 amide bonds. The van der Waals surface area contributed by atoms with E-state index in [1.54, 1.807) is 37.3 Å². The predicted molar refractivity (Wildman–Crippen MR) is 126 cm³/mol. The topological polar surface area (TPSA) is 137 Å². The number of nitrogens with two attached hydrogens (primary N) is 1. The predicted octanol–water partition coefficient (Wildman–Crippen LogP) is 3.54. The molecule has 0 saturated carbocycles. The molecule has 0 saturated heterocycles. The summed E-state index contributed by atoms with van der Waals surface area (Å²) in [6.45, 7) is 1.73. The first-order valence-electron chi connectivity index (χ1n) is 10.0. The summed E-state index contributed by atoms with van der Waals surface area (Å²) < 4.78 is 86.0. The summed E-state index contributed by atoms with van der Waals surface area (Å²) in [6, 6.07) is 18.4. The van der Waals surface area contributed by atoms with Gasteiger partial charge in [-0.05, 0) is 48.9 Å². The van der Waals surface area contributed by atoms with Crippen LogP contribution in [0.3, 0.4) is 0 Å². The molecule has 0 atom stereocenters. The Kier molecular flexibility index (Phi) is 7.81. The summed E-state index contributed by atoms with van der Waals surface area (Å²) in [4.78, 5) is 9.66. The third-order valence-corrected chi connectivity index (χ3v) is 6.74. The summed E-state index contributed by atoms with van der Waals surface area (Å²) in [5, 5.41) is 4.83. The molecule has 3 N–H and O–H groups in total. The van der Waals surface area contributed by atoms with Gasteiger partial charge in [0.05, 0.1) is 16.0 Å². The number of primary sulfonamides is 1. The number of rotatable bonds is 5. The minimum Gasteiger partial charge on any atom is -0.253 e. The average Bonchev–Trinajstić information content (AvgIpc) is 3.24. The van der Waals surface area contributed by atoms with E-state index in [4.69, 9.17) is 5.14 Å². The fraction of sp³-hybridized carbons (Fsp3) is 0.0909. The van der Waals surface area contributed by atoms with E-state index in [1.807, 2.05) is 0 Å². The highest BCUT2D eigenvalue weighted by Gasteiger charge is 2.36. The van der Waals surface area contributed by atoms with Gasteiger partial charge in [-0.15, -0.1) is 0 Å². The average molecular weight is 540 g/mol. The first kappa shape index (κ1) is 26.8. The van der Waals surface area contributed by atoms with E-state index in [9.17, 15) is 30.0 Å². The lowest BCUT2D eigenvalue weighted by molar-refractivity contribution is -0.140. The van der Waals surface area contributed by atoms with E-state index in [0.717, 1.165) is 5.56 Å². The van der Waals surface area contributed by atoms with E-state index < -0.39 is 31.9 Å². The van der Waals surface area contributed by atoms with E-state index >= 15 is 0 Å². The van der Waals surface area contributed by atoms with Gasteiger partial charge in [0.15, 0.2) is 11.5 Å². The zero-order valence-electron chi connectivity index (χ0n) is 18.6. The fourth-order valence-corrected chi connectivity index (χ4v) is 4.37. The summed E-state index contributed by atoms with van der Waals surface area (Å²) in [5.74, 6) is -0.263. The largest absolute Gasteiger partial charge is 0.434 e. The highest BCUT2D eigenvalue weighted by Crippen LogP contribution is 2.30. The van der Waals surface area contributed by atoms with Crippen LogP contribution in [0.4, 0.5) is 13.2 Å². The second-order valence-corrected chi connectivity index (χ2v) is 10.5. The van der Waals surface area contributed by atoms with Crippen molar-refractivity contribution in [1.29, 1.82) is 0 Å². The SMILES string of the molecule is Cc1ccnc(-c2nc(C(F)(F)F)cn2NS(=O)(=O)c2ccccc2)c1.NS(=O)(=O)c1ccccc1. The summed E-state index contributed by atoms with van der Waals surface area (Å²) in [5.41, 5.74) is -0.383. The lowest BCUT2D eigenvalue weighted by Gasteiger charge is -2.11. The van der Waals surface area contributed by atoms with Crippen molar-refractivity contribution in [2.75, 3.05) is 4.83 Å². The number of hydrogen-bond acceptors (Lipinski definition) is 6.